The van der Waals surface area contributed by atoms with Crippen LogP contribution in [0.1, 0.15) is 24.1 Å². The zero-order valence-corrected chi connectivity index (χ0v) is 15.4. The molecular weight excluding hydrogens is 329 g/mol. The third-order valence-corrected chi connectivity index (χ3v) is 5.21. The molecule has 2 aromatic rings. The van der Waals surface area contributed by atoms with Crippen molar-refractivity contribution in [1.82, 2.24) is 14.9 Å². The fourth-order valence-corrected chi connectivity index (χ4v) is 3.79. The molecule has 26 heavy (non-hydrogen) atoms. The Morgan fingerprint density at radius 3 is 2.42 bits per heavy atom. The molecule has 0 saturated carbocycles. The Hall–Kier alpha value is -2.21. The topological polar surface area (TPSA) is 35.5 Å². The van der Waals surface area contributed by atoms with Crippen molar-refractivity contribution < 1.29 is 4.39 Å². The third-order valence-electron chi connectivity index (χ3n) is 5.21. The second kappa shape index (κ2) is 7.58. The highest BCUT2D eigenvalue weighted by atomic mass is 19.1. The van der Waals surface area contributed by atoms with Gasteiger partial charge >= 0.3 is 0 Å². The van der Waals surface area contributed by atoms with E-state index in [4.69, 9.17) is 4.98 Å². The SMILES string of the molecule is Cc1cc(N2CCCC2)nc(N2CCN(Cc3cccc(F)c3)CC2)n1. The molecule has 0 bridgehead atoms. The van der Waals surface area contributed by atoms with Crippen LogP contribution in [-0.2, 0) is 6.54 Å². The van der Waals surface area contributed by atoms with Crippen molar-refractivity contribution in [2.24, 2.45) is 0 Å². The number of hydrogen-bond acceptors (Lipinski definition) is 5. The fraction of sp³-hybridized carbons (Fsp3) is 0.500. The highest BCUT2D eigenvalue weighted by molar-refractivity contribution is 5.46. The number of aryl methyl sites for hydroxylation is 1. The smallest absolute Gasteiger partial charge is 0.227 e. The minimum atomic E-state index is -0.163. The zero-order chi connectivity index (χ0) is 17.9. The van der Waals surface area contributed by atoms with Crippen LogP contribution in [0.2, 0.25) is 0 Å². The molecule has 4 rings (SSSR count). The van der Waals surface area contributed by atoms with Gasteiger partial charge < -0.3 is 9.80 Å². The normalized spacial score (nSPS) is 18.5. The Balaban J connectivity index is 1.40. The van der Waals surface area contributed by atoms with Gasteiger partial charge in [0.2, 0.25) is 5.95 Å². The summed E-state index contributed by atoms with van der Waals surface area (Å²) in [6.45, 7) is 8.70. The number of nitrogens with zero attached hydrogens (tertiary/aromatic N) is 5. The summed E-state index contributed by atoms with van der Waals surface area (Å²) in [5, 5.41) is 0. The summed E-state index contributed by atoms with van der Waals surface area (Å²) in [4.78, 5) is 16.5. The Kier molecular flexibility index (Phi) is 5.02. The molecule has 0 atom stereocenters. The van der Waals surface area contributed by atoms with Crippen molar-refractivity contribution in [2.75, 3.05) is 49.1 Å². The average molecular weight is 355 g/mol. The van der Waals surface area contributed by atoms with E-state index in [2.05, 4.69) is 25.8 Å². The summed E-state index contributed by atoms with van der Waals surface area (Å²) in [5.74, 6) is 1.74. The molecule has 5 nitrogen and oxygen atoms in total. The van der Waals surface area contributed by atoms with Gasteiger partial charge in [-0.25, -0.2) is 9.37 Å². The van der Waals surface area contributed by atoms with Gasteiger partial charge in [0.1, 0.15) is 11.6 Å². The van der Waals surface area contributed by atoms with Crippen LogP contribution < -0.4 is 9.80 Å². The lowest BCUT2D eigenvalue weighted by Gasteiger charge is -2.35. The van der Waals surface area contributed by atoms with Gasteiger partial charge in [0.25, 0.3) is 0 Å². The van der Waals surface area contributed by atoms with E-state index < -0.39 is 0 Å². The molecular formula is C20H26FN5. The van der Waals surface area contributed by atoms with Gasteiger partial charge in [-0.1, -0.05) is 12.1 Å². The monoisotopic (exact) mass is 355 g/mol. The van der Waals surface area contributed by atoms with Gasteiger partial charge in [-0.15, -0.1) is 0 Å². The lowest BCUT2D eigenvalue weighted by atomic mass is 10.2. The van der Waals surface area contributed by atoms with E-state index >= 15 is 0 Å². The first-order chi connectivity index (χ1) is 12.7. The molecule has 2 aliphatic heterocycles. The first kappa shape index (κ1) is 17.2. The first-order valence-electron chi connectivity index (χ1n) is 9.50. The summed E-state index contributed by atoms with van der Waals surface area (Å²) in [7, 11) is 0. The van der Waals surface area contributed by atoms with E-state index in [1.807, 2.05) is 13.0 Å². The van der Waals surface area contributed by atoms with E-state index in [0.29, 0.717) is 0 Å². The van der Waals surface area contributed by atoms with Crippen LogP contribution in [0.5, 0.6) is 0 Å². The highest BCUT2D eigenvalue weighted by Crippen LogP contribution is 2.22. The third kappa shape index (κ3) is 3.96. The number of hydrogen-bond donors (Lipinski definition) is 0. The van der Waals surface area contributed by atoms with Crippen LogP contribution in [0.4, 0.5) is 16.2 Å². The van der Waals surface area contributed by atoms with Crippen LogP contribution in [0.25, 0.3) is 0 Å². The average Bonchev–Trinajstić information content (AvgIpc) is 3.17. The minimum absolute atomic E-state index is 0.163. The Morgan fingerprint density at radius 1 is 0.923 bits per heavy atom. The number of piperazine rings is 1. The molecule has 6 heteroatoms. The molecule has 0 N–H and O–H groups in total. The summed E-state index contributed by atoms with van der Waals surface area (Å²) < 4.78 is 13.4. The van der Waals surface area contributed by atoms with Crippen molar-refractivity contribution in [3.05, 3.63) is 47.4 Å². The van der Waals surface area contributed by atoms with Crippen molar-refractivity contribution in [2.45, 2.75) is 26.3 Å². The van der Waals surface area contributed by atoms with E-state index in [1.165, 1.54) is 18.9 Å². The maximum atomic E-state index is 13.4. The quantitative estimate of drug-likeness (QED) is 0.843. The van der Waals surface area contributed by atoms with Gasteiger partial charge in [0, 0.05) is 57.6 Å². The Labute approximate surface area is 154 Å². The molecule has 1 aromatic heterocycles. The summed E-state index contributed by atoms with van der Waals surface area (Å²) in [6.07, 6.45) is 2.49. The standard InChI is InChI=1S/C20H26FN5/c1-16-13-19(25-7-2-3-8-25)23-20(22-16)26-11-9-24(10-12-26)15-17-5-4-6-18(21)14-17/h4-6,13-14H,2-3,7-12,15H2,1H3. The molecule has 3 heterocycles. The molecule has 0 unspecified atom stereocenters. The second-order valence-electron chi connectivity index (χ2n) is 7.25. The van der Waals surface area contributed by atoms with Crippen LogP contribution in [0.15, 0.2) is 30.3 Å². The van der Waals surface area contributed by atoms with Gasteiger partial charge in [-0.2, -0.15) is 4.98 Å². The van der Waals surface area contributed by atoms with Crippen LogP contribution in [0.3, 0.4) is 0 Å². The Morgan fingerprint density at radius 2 is 1.69 bits per heavy atom. The van der Waals surface area contributed by atoms with E-state index in [-0.39, 0.29) is 5.82 Å². The van der Waals surface area contributed by atoms with Gasteiger partial charge in [-0.3, -0.25) is 4.90 Å². The summed E-state index contributed by atoms with van der Waals surface area (Å²) in [6, 6.07) is 8.98. The van der Waals surface area contributed by atoms with Crippen molar-refractivity contribution in [1.29, 1.82) is 0 Å². The maximum Gasteiger partial charge on any atom is 0.227 e. The number of benzene rings is 1. The first-order valence-corrected chi connectivity index (χ1v) is 9.50. The van der Waals surface area contributed by atoms with Gasteiger partial charge in [0.05, 0.1) is 0 Å². The minimum Gasteiger partial charge on any atom is -0.356 e. The largest absolute Gasteiger partial charge is 0.356 e. The lowest BCUT2D eigenvalue weighted by molar-refractivity contribution is 0.248. The van der Waals surface area contributed by atoms with Crippen LogP contribution in [0, 0.1) is 12.7 Å². The number of anilines is 2. The molecule has 0 radical (unpaired) electrons. The number of halogens is 1. The zero-order valence-electron chi connectivity index (χ0n) is 15.4. The number of aromatic nitrogens is 2. The predicted molar refractivity (Wildman–Crippen MR) is 102 cm³/mol. The molecule has 0 aliphatic carbocycles. The second-order valence-corrected chi connectivity index (χ2v) is 7.25. The molecule has 0 amide bonds. The van der Waals surface area contributed by atoms with E-state index in [9.17, 15) is 4.39 Å². The van der Waals surface area contributed by atoms with E-state index in [1.54, 1.807) is 12.1 Å². The lowest BCUT2D eigenvalue weighted by Crippen LogP contribution is -2.46. The van der Waals surface area contributed by atoms with Crippen molar-refractivity contribution in [3.8, 4) is 0 Å². The Bertz CT molecular complexity index is 752. The molecule has 2 aliphatic rings. The van der Waals surface area contributed by atoms with Crippen molar-refractivity contribution in [3.63, 3.8) is 0 Å². The van der Waals surface area contributed by atoms with Crippen LogP contribution in [-0.4, -0.2) is 54.1 Å². The number of rotatable bonds is 4. The molecule has 2 fully saturated rings. The predicted octanol–water partition coefficient (Wildman–Crippen LogP) is 2.85. The molecule has 2 saturated heterocycles. The maximum absolute atomic E-state index is 13.4. The molecule has 1 aromatic carbocycles. The highest BCUT2D eigenvalue weighted by Gasteiger charge is 2.21. The summed E-state index contributed by atoms with van der Waals surface area (Å²) in [5.41, 5.74) is 2.06. The molecule has 0 spiro atoms. The fourth-order valence-electron chi connectivity index (χ4n) is 3.79. The summed E-state index contributed by atoms with van der Waals surface area (Å²) >= 11 is 0. The van der Waals surface area contributed by atoms with Gasteiger partial charge in [0.15, 0.2) is 0 Å². The van der Waals surface area contributed by atoms with E-state index in [0.717, 1.165) is 68.8 Å². The van der Waals surface area contributed by atoms with Crippen molar-refractivity contribution >= 4 is 11.8 Å². The molecule has 138 valence electrons. The van der Waals surface area contributed by atoms with Gasteiger partial charge in [-0.05, 0) is 37.5 Å². The van der Waals surface area contributed by atoms with Crippen LogP contribution >= 0.6 is 0 Å².